The number of hydrogen-bond donors (Lipinski definition) is 1. The second-order valence-electron chi connectivity index (χ2n) is 6.84. The molecular weight excluding hydrogens is 392 g/mol. The van der Waals surface area contributed by atoms with Gasteiger partial charge in [-0.1, -0.05) is 12.1 Å². The van der Waals surface area contributed by atoms with Gasteiger partial charge in [0.05, 0.1) is 19.2 Å². The number of amides is 4. The van der Waals surface area contributed by atoms with Crippen LogP contribution in [0.2, 0.25) is 0 Å². The number of carbonyl (C=O) groups is 3. The molecule has 1 saturated heterocycles. The quantitative estimate of drug-likeness (QED) is 0.732. The minimum absolute atomic E-state index is 0.296. The second kappa shape index (κ2) is 7.93. The van der Waals surface area contributed by atoms with Crippen LogP contribution >= 0.6 is 11.3 Å². The summed E-state index contributed by atoms with van der Waals surface area (Å²) in [6.07, 6.45) is 0. The molecule has 0 aliphatic carbocycles. The summed E-state index contributed by atoms with van der Waals surface area (Å²) in [5.74, 6) is -0.229. The van der Waals surface area contributed by atoms with E-state index in [1.165, 1.54) is 16.2 Å². The number of methoxy groups -OCH3 is 1. The maximum absolute atomic E-state index is 13.0. The fraction of sp³-hybridized carbons (Fsp3) is 0.300. The van der Waals surface area contributed by atoms with Crippen LogP contribution in [0.5, 0.6) is 5.75 Å². The van der Waals surface area contributed by atoms with Gasteiger partial charge in [-0.3, -0.25) is 14.5 Å². The molecule has 1 fully saturated rings. The zero-order valence-corrected chi connectivity index (χ0v) is 17.1. The Morgan fingerprint density at radius 3 is 2.62 bits per heavy atom. The van der Waals surface area contributed by atoms with Crippen molar-refractivity contribution >= 4 is 29.2 Å². The van der Waals surface area contributed by atoms with Crippen LogP contribution in [0.15, 0.2) is 35.7 Å². The molecule has 1 aromatic heterocycles. The smallest absolute Gasteiger partial charge is 0.325 e. The van der Waals surface area contributed by atoms with Gasteiger partial charge in [-0.25, -0.2) is 4.79 Å². The lowest BCUT2D eigenvalue weighted by atomic mass is 9.92. The van der Waals surface area contributed by atoms with Gasteiger partial charge < -0.3 is 15.0 Å². The highest BCUT2D eigenvalue weighted by atomic mass is 32.1. The molecule has 29 heavy (non-hydrogen) atoms. The first-order chi connectivity index (χ1) is 13.8. The van der Waals surface area contributed by atoms with Crippen LogP contribution in [0.25, 0.3) is 0 Å². The van der Waals surface area contributed by atoms with Gasteiger partial charge in [-0.05, 0) is 30.7 Å². The van der Waals surface area contributed by atoms with E-state index >= 15 is 0 Å². The molecule has 9 heteroatoms. The van der Waals surface area contributed by atoms with Crippen molar-refractivity contribution in [2.45, 2.75) is 19.0 Å². The number of ether oxygens (including phenoxy) is 1. The van der Waals surface area contributed by atoms with Crippen LogP contribution in [0.1, 0.15) is 22.9 Å². The Labute approximate surface area is 172 Å². The van der Waals surface area contributed by atoms with Crippen molar-refractivity contribution in [3.8, 4) is 11.8 Å². The minimum atomic E-state index is -1.25. The molecule has 0 radical (unpaired) electrons. The number of carbonyl (C=O) groups excluding carboxylic acids is 3. The van der Waals surface area contributed by atoms with Gasteiger partial charge in [0.2, 0.25) is 5.91 Å². The molecule has 8 nitrogen and oxygen atoms in total. The number of nitrogens with one attached hydrogen (secondary N) is 1. The van der Waals surface area contributed by atoms with E-state index in [4.69, 9.17) is 10.00 Å². The van der Waals surface area contributed by atoms with Crippen molar-refractivity contribution < 1.29 is 19.1 Å². The molecule has 2 heterocycles. The number of likely N-dealkylation sites (N-methyl/N-ethyl adjacent to an activating group) is 1. The van der Waals surface area contributed by atoms with E-state index in [0.29, 0.717) is 23.4 Å². The molecule has 1 aliphatic rings. The summed E-state index contributed by atoms with van der Waals surface area (Å²) < 4.78 is 5.12. The Morgan fingerprint density at radius 1 is 1.34 bits per heavy atom. The van der Waals surface area contributed by atoms with E-state index in [0.717, 1.165) is 9.78 Å². The van der Waals surface area contributed by atoms with Crippen LogP contribution in [0.4, 0.5) is 4.79 Å². The van der Waals surface area contributed by atoms with Crippen molar-refractivity contribution in [2.24, 2.45) is 0 Å². The maximum atomic E-state index is 13.0. The third-order valence-electron chi connectivity index (χ3n) is 4.84. The number of rotatable bonds is 6. The monoisotopic (exact) mass is 412 g/mol. The first kappa shape index (κ1) is 20.4. The van der Waals surface area contributed by atoms with Gasteiger partial charge >= 0.3 is 6.03 Å². The molecule has 4 amide bonds. The molecule has 1 aliphatic heterocycles. The van der Waals surface area contributed by atoms with E-state index in [1.807, 2.05) is 6.07 Å². The minimum Gasteiger partial charge on any atom is -0.497 e. The maximum Gasteiger partial charge on any atom is 0.325 e. The highest BCUT2D eigenvalue weighted by molar-refractivity contribution is 7.10. The predicted octanol–water partition coefficient (Wildman–Crippen LogP) is 2.05. The van der Waals surface area contributed by atoms with Crippen LogP contribution < -0.4 is 10.1 Å². The molecule has 1 atom stereocenters. The Kier molecular flexibility index (Phi) is 5.57. The number of thiophene rings is 1. The van der Waals surface area contributed by atoms with Gasteiger partial charge in [0.25, 0.3) is 5.91 Å². The first-order valence-electron chi connectivity index (χ1n) is 8.78. The molecule has 1 unspecified atom stereocenters. The fourth-order valence-electron chi connectivity index (χ4n) is 3.06. The molecule has 2 aromatic rings. The van der Waals surface area contributed by atoms with Crippen molar-refractivity contribution in [3.63, 3.8) is 0 Å². The number of benzene rings is 1. The number of urea groups is 1. The van der Waals surface area contributed by atoms with E-state index < -0.39 is 17.5 Å². The topological polar surface area (TPSA) is 103 Å². The van der Waals surface area contributed by atoms with Crippen molar-refractivity contribution in [1.29, 1.82) is 5.26 Å². The Bertz CT molecular complexity index is 995. The Hall–Kier alpha value is -3.38. The van der Waals surface area contributed by atoms with Crippen molar-refractivity contribution in [2.75, 3.05) is 20.7 Å². The van der Waals surface area contributed by atoms with Gasteiger partial charge in [-0.2, -0.15) is 5.26 Å². The fourth-order valence-corrected chi connectivity index (χ4v) is 3.92. The number of hydrogen-bond acceptors (Lipinski definition) is 6. The van der Waals surface area contributed by atoms with Crippen LogP contribution in [-0.2, 0) is 21.7 Å². The lowest BCUT2D eigenvalue weighted by Crippen LogP contribution is -2.43. The summed E-state index contributed by atoms with van der Waals surface area (Å²) in [5, 5.41) is 13.3. The van der Waals surface area contributed by atoms with Crippen LogP contribution in [-0.4, -0.2) is 48.3 Å². The number of nitriles is 1. The zero-order valence-electron chi connectivity index (χ0n) is 16.3. The van der Waals surface area contributed by atoms with E-state index in [2.05, 4.69) is 5.32 Å². The number of imide groups is 1. The summed E-state index contributed by atoms with van der Waals surface area (Å²) in [4.78, 5) is 41.2. The first-order valence-corrected chi connectivity index (χ1v) is 9.66. The van der Waals surface area contributed by atoms with Crippen LogP contribution in [0, 0.1) is 11.3 Å². The van der Waals surface area contributed by atoms with Crippen molar-refractivity contribution in [1.82, 2.24) is 15.1 Å². The lowest BCUT2D eigenvalue weighted by Gasteiger charge is -2.23. The number of nitrogens with zero attached hydrogens (tertiary/aromatic N) is 3. The lowest BCUT2D eigenvalue weighted by molar-refractivity contribution is -0.138. The van der Waals surface area contributed by atoms with Crippen LogP contribution in [0.3, 0.4) is 0 Å². The normalized spacial score (nSPS) is 18.3. The Morgan fingerprint density at radius 2 is 2.03 bits per heavy atom. The third-order valence-corrected chi connectivity index (χ3v) is 5.76. The highest BCUT2D eigenvalue weighted by Crippen LogP contribution is 2.30. The molecule has 150 valence electrons. The Balaban J connectivity index is 1.70. The van der Waals surface area contributed by atoms with Gasteiger partial charge in [0, 0.05) is 17.3 Å². The molecule has 1 N–H and O–H groups in total. The molecule has 1 aromatic carbocycles. The predicted molar refractivity (Wildman–Crippen MR) is 106 cm³/mol. The second-order valence-corrected chi connectivity index (χ2v) is 7.83. The summed E-state index contributed by atoms with van der Waals surface area (Å²) in [6.45, 7) is 1.55. The molecule has 0 spiro atoms. The molecule has 0 bridgehead atoms. The van der Waals surface area contributed by atoms with E-state index in [1.54, 1.807) is 56.8 Å². The van der Waals surface area contributed by atoms with Gasteiger partial charge in [0.1, 0.15) is 23.9 Å². The average Bonchev–Trinajstić information content (AvgIpc) is 3.26. The largest absolute Gasteiger partial charge is 0.497 e. The summed E-state index contributed by atoms with van der Waals surface area (Å²) in [5.41, 5.74) is -0.115. The summed E-state index contributed by atoms with van der Waals surface area (Å²) in [7, 11) is 3.13. The van der Waals surface area contributed by atoms with E-state index in [-0.39, 0.29) is 12.5 Å². The van der Waals surface area contributed by atoms with Gasteiger partial charge in [-0.15, -0.1) is 11.3 Å². The standard InChI is InChI=1S/C20H20N4O4S/c1-20(14-4-6-15(28-3)7-5-14)18(26)24(19(27)22-20)11-17(25)23(2)10-16-8-13(9-21)12-29-16/h4-8,12H,10-11H2,1-3H3,(H,22,27). The SMILES string of the molecule is COc1ccc(C2(C)NC(=O)N(CC(=O)N(C)Cc3cc(C#N)cs3)C2=O)cc1. The molecule has 0 saturated carbocycles. The molecule has 3 rings (SSSR count). The summed E-state index contributed by atoms with van der Waals surface area (Å²) in [6, 6.07) is 9.97. The van der Waals surface area contributed by atoms with E-state index in [9.17, 15) is 14.4 Å². The average molecular weight is 412 g/mol. The zero-order chi connectivity index (χ0) is 21.2. The van der Waals surface area contributed by atoms with Gasteiger partial charge in [0.15, 0.2) is 0 Å². The van der Waals surface area contributed by atoms with Crippen molar-refractivity contribution in [3.05, 3.63) is 51.7 Å². The molecular formula is C20H20N4O4S. The highest BCUT2D eigenvalue weighted by Gasteiger charge is 2.49. The summed E-state index contributed by atoms with van der Waals surface area (Å²) >= 11 is 1.38. The third kappa shape index (κ3) is 3.93.